The number of aliphatic imine (C=N–C) groups is 1. The number of amides is 2. The van der Waals surface area contributed by atoms with Gasteiger partial charge in [-0.15, -0.1) is 0 Å². The van der Waals surface area contributed by atoms with E-state index in [9.17, 15) is 9.59 Å². The molecular weight excluding hydrogens is 390 g/mol. The molecule has 6 nitrogen and oxygen atoms in total. The zero-order chi connectivity index (χ0) is 22.0. The zero-order valence-corrected chi connectivity index (χ0v) is 17.6. The number of nitrogens with zero attached hydrogens (tertiary/aromatic N) is 3. The van der Waals surface area contributed by atoms with E-state index in [1.165, 1.54) is 0 Å². The Morgan fingerprint density at radius 1 is 1.10 bits per heavy atom. The van der Waals surface area contributed by atoms with Crippen LogP contribution in [-0.4, -0.2) is 30.1 Å². The third-order valence-electron chi connectivity index (χ3n) is 5.39. The zero-order valence-electron chi connectivity index (χ0n) is 17.6. The second-order valence-electron chi connectivity index (χ2n) is 7.45. The van der Waals surface area contributed by atoms with Crippen LogP contribution < -0.4 is 9.64 Å². The summed E-state index contributed by atoms with van der Waals surface area (Å²) in [4.78, 5) is 36.5. The molecule has 0 saturated carbocycles. The summed E-state index contributed by atoms with van der Waals surface area (Å²) in [5.74, 6) is -0.379. The fourth-order valence-electron chi connectivity index (χ4n) is 3.78. The van der Waals surface area contributed by atoms with Gasteiger partial charge >= 0.3 is 0 Å². The molecule has 0 bridgehead atoms. The molecule has 31 heavy (non-hydrogen) atoms. The van der Waals surface area contributed by atoms with Gasteiger partial charge in [0.25, 0.3) is 5.91 Å². The van der Waals surface area contributed by atoms with Crippen molar-refractivity contribution < 1.29 is 14.3 Å². The Bertz CT molecular complexity index is 1160. The molecule has 156 valence electrons. The van der Waals surface area contributed by atoms with Gasteiger partial charge in [-0.1, -0.05) is 42.0 Å². The number of hydrogen-bond acceptors (Lipinski definition) is 5. The van der Waals surface area contributed by atoms with E-state index in [0.717, 1.165) is 21.8 Å². The van der Waals surface area contributed by atoms with Gasteiger partial charge in [0, 0.05) is 23.5 Å². The van der Waals surface area contributed by atoms with Gasteiger partial charge in [0.05, 0.1) is 19.1 Å². The number of methoxy groups -OCH3 is 1. The first-order valence-electron chi connectivity index (χ1n) is 10.1. The number of benzene rings is 2. The van der Waals surface area contributed by atoms with Gasteiger partial charge in [-0.25, -0.2) is 9.88 Å². The molecule has 1 aromatic heterocycles. The van der Waals surface area contributed by atoms with Crippen molar-refractivity contribution in [3.05, 3.63) is 89.1 Å². The number of carbonyl (C=O) groups is 2. The molecule has 2 heterocycles. The van der Waals surface area contributed by atoms with Gasteiger partial charge in [0.15, 0.2) is 0 Å². The summed E-state index contributed by atoms with van der Waals surface area (Å²) in [6, 6.07) is 18.0. The fourth-order valence-corrected chi connectivity index (χ4v) is 3.78. The smallest absolute Gasteiger partial charge is 0.266 e. The van der Waals surface area contributed by atoms with E-state index in [-0.39, 0.29) is 17.9 Å². The van der Waals surface area contributed by atoms with E-state index in [0.29, 0.717) is 16.9 Å². The number of pyridine rings is 1. The lowest BCUT2D eigenvalue weighted by molar-refractivity contribution is -0.118. The number of anilines is 1. The van der Waals surface area contributed by atoms with Gasteiger partial charge in [0.1, 0.15) is 11.6 Å². The highest BCUT2D eigenvalue weighted by molar-refractivity contribution is 6.28. The lowest BCUT2D eigenvalue weighted by Crippen LogP contribution is -2.46. The van der Waals surface area contributed by atoms with Crippen LogP contribution in [0, 0.1) is 6.92 Å². The van der Waals surface area contributed by atoms with E-state index in [1.54, 1.807) is 55.9 Å². The van der Waals surface area contributed by atoms with Crippen LogP contribution in [0.2, 0.25) is 0 Å². The van der Waals surface area contributed by atoms with Crippen LogP contribution in [0.25, 0.3) is 0 Å². The largest absolute Gasteiger partial charge is 0.496 e. The summed E-state index contributed by atoms with van der Waals surface area (Å²) < 4.78 is 5.48. The lowest BCUT2D eigenvalue weighted by atomic mass is 9.89. The Balaban J connectivity index is 1.73. The maximum Gasteiger partial charge on any atom is 0.266 e. The summed E-state index contributed by atoms with van der Waals surface area (Å²) in [7, 11) is 1.63. The molecule has 4 rings (SSSR count). The third-order valence-corrected chi connectivity index (χ3v) is 5.39. The molecule has 6 heteroatoms. The predicted molar refractivity (Wildman–Crippen MR) is 120 cm³/mol. The van der Waals surface area contributed by atoms with Crippen LogP contribution in [0.15, 0.2) is 71.9 Å². The Hall–Kier alpha value is -3.80. The van der Waals surface area contributed by atoms with Crippen molar-refractivity contribution in [3.8, 4) is 5.75 Å². The number of ether oxygens (including phenoxy) is 1. The van der Waals surface area contributed by atoms with Gasteiger partial charge < -0.3 is 4.74 Å². The monoisotopic (exact) mass is 413 g/mol. The molecule has 0 aliphatic carbocycles. The normalized spacial score (nSPS) is 17.0. The van der Waals surface area contributed by atoms with E-state index >= 15 is 0 Å². The Kier molecular flexibility index (Phi) is 5.62. The van der Waals surface area contributed by atoms with Crippen LogP contribution >= 0.6 is 0 Å². The Labute approximate surface area is 181 Å². The van der Waals surface area contributed by atoms with Gasteiger partial charge in [-0.05, 0) is 43.7 Å². The summed E-state index contributed by atoms with van der Waals surface area (Å²) in [6.07, 6.45) is 3.20. The lowest BCUT2D eigenvalue weighted by Gasteiger charge is -2.30. The van der Waals surface area contributed by atoms with E-state index in [2.05, 4.69) is 9.98 Å². The van der Waals surface area contributed by atoms with Crippen LogP contribution in [0.1, 0.15) is 45.9 Å². The first kappa shape index (κ1) is 20.5. The van der Waals surface area contributed by atoms with E-state index in [1.807, 2.05) is 38.1 Å². The molecule has 2 atom stereocenters. The average molecular weight is 413 g/mol. The quantitative estimate of drug-likeness (QED) is 0.456. The highest BCUT2D eigenvalue weighted by Gasteiger charge is 2.39. The molecule has 1 aliphatic rings. The van der Waals surface area contributed by atoms with Crippen LogP contribution in [-0.2, 0) is 4.79 Å². The van der Waals surface area contributed by atoms with E-state index in [4.69, 9.17) is 4.74 Å². The second kappa shape index (κ2) is 8.52. The number of imide groups is 1. The topological polar surface area (TPSA) is 71.9 Å². The minimum Gasteiger partial charge on any atom is -0.496 e. The highest BCUT2D eigenvalue weighted by Crippen LogP contribution is 2.33. The Morgan fingerprint density at radius 3 is 2.61 bits per heavy atom. The minimum absolute atomic E-state index is 0.226. The minimum atomic E-state index is -0.686. The van der Waals surface area contributed by atoms with Crippen molar-refractivity contribution >= 4 is 23.8 Å². The summed E-state index contributed by atoms with van der Waals surface area (Å²) in [6.45, 7) is 3.96. The van der Waals surface area contributed by atoms with Crippen molar-refractivity contribution in [3.63, 3.8) is 0 Å². The summed E-state index contributed by atoms with van der Waals surface area (Å²) in [5.41, 5.74) is 3.17. The molecule has 0 radical (unpaired) electrons. The van der Waals surface area contributed by atoms with Crippen LogP contribution in [0.3, 0.4) is 0 Å². The molecule has 0 saturated heterocycles. The first-order valence-corrected chi connectivity index (χ1v) is 10.1. The number of aryl methyl sites for hydroxylation is 1. The summed E-state index contributed by atoms with van der Waals surface area (Å²) in [5, 5.41) is 0. The van der Waals surface area contributed by atoms with Crippen LogP contribution in [0.4, 0.5) is 5.82 Å². The van der Waals surface area contributed by atoms with Crippen molar-refractivity contribution in [2.45, 2.75) is 25.8 Å². The third kappa shape index (κ3) is 3.84. The van der Waals surface area contributed by atoms with Crippen molar-refractivity contribution in [2.75, 3.05) is 12.0 Å². The Morgan fingerprint density at radius 2 is 1.87 bits per heavy atom. The molecular formula is C25H23N3O3. The molecule has 2 aromatic carbocycles. The number of carbonyl (C=O) groups excluding carboxylic acids is 2. The number of aromatic nitrogens is 1. The fraction of sp³-hybridized carbons (Fsp3) is 0.200. The molecule has 0 N–H and O–H groups in total. The molecule has 1 unspecified atom stereocenters. The van der Waals surface area contributed by atoms with Crippen molar-refractivity contribution in [1.82, 2.24) is 4.98 Å². The standard InChI is InChI=1S/C25H23N3O3/c1-16-11-12-22(31-3)20(14-16)17(2)27-15-21-18-8-4-5-9-19(18)24(29)28(25(21)30)23-10-6-7-13-26-23/h4-15,17,21H,1-3H3/t17-,21?/m1/s1. The maximum atomic E-state index is 13.4. The van der Waals surface area contributed by atoms with Crippen molar-refractivity contribution in [1.29, 1.82) is 0 Å². The predicted octanol–water partition coefficient (Wildman–Crippen LogP) is 4.50. The molecule has 0 spiro atoms. The highest BCUT2D eigenvalue weighted by atomic mass is 16.5. The average Bonchev–Trinajstić information content (AvgIpc) is 2.79. The second-order valence-corrected chi connectivity index (χ2v) is 7.45. The molecule has 1 aliphatic heterocycles. The first-order chi connectivity index (χ1) is 15.0. The van der Waals surface area contributed by atoms with Crippen molar-refractivity contribution in [2.24, 2.45) is 4.99 Å². The number of fused-ring (bicyclic) bond motifs is 1. The maximum absolute atomic E-state index is 13.4. The molecule has 2 amide bonds. The molecule has 3 aromatic rings. The van der Waals surface area contributed by atoms with Crippen LogP contribution in [0.5, 0.6) is 5.75 Å². The van der Waals surface area contributed by atoms with Gasteiger partial charge in [-0.2, -0.15) is 0 Å². The SMILES string of the molecule is COc1ccc(C)cc1[C@@H](C)N=CC1C(=O)N(c2ccccn2)C(=O)c2ccccc21. The van der Waals surface area contributed by atoms with Gasteiger partial charge in [-0.3, -0.25) is 14.6 Å². The number of rotatable bonds is 5. The van der Waals surface area contributed by atoms with Gasteiger partial charge in [0.2, 0.25) is 5.91 Å². The number of hydrogen-bond donors (Lipinski definition) is 0. The summed E-state index contributed by atoms with van der Waals surface area (Å²) >= 11 is 0. The molecule has 0 fully saturated rings. The van der Waals surface area contributed by atoms with E-state index < -0.39 is 5.92 Å².